The van der Waals surface area contributed by atoms with Crippen molar-refractivity contribution in [3.05, 3.63) is 47.5 Å². The third-order valence-corrected chi connectivity index (χ3v) is 3.98. The number of nitrogens with zero attached hydrogens (tertiary/aromatic N) is 1. The molecule has 1 aliphatic rings. The third kappa shape index (κ3) is 2.58. The van der Waals surface area contributed by atoms with E-state index in [0.717, 1.165) is 30.3 Å². The number of rotatable bonds is 2. The number of aryl methyl sites for hydroxylation is 1. The van der Waals surface area contributed by atoms with E-state index in [-0.39, 0.29) is 18.3 Å². The first-order valence-electron chi connectivity index (χ1n) is 6.86. The van der Waals surface area contributed by atoms with Crippen LogP contribution >= 0.6 is 12.4 Å². The molecule has 3 heteroatoms. The first-order chi connectivity index (χ1) is 9.16. The molecule has 1 aliphatic carbocycles. The van der Waals surface area contributed by atoms with Gasteiger partial charge in [0.05, 0.1) is 0 Å². The minimum absolute atomic E-state index is 0. The summed E-state index contributed by atoms with van der Waals surface area (Å²) in [7, 11) is 4.07. The number of hydrogen-bond donors (Lipinski definition) is 0. The molecule has 1 unspecified atom stereocenters. The molecule has 2 aromatic rings. The zero-order valence-electron chi connectivity index (χ0n) is 11.9. The largest absolute Gasteiger partial charge is 0.309 e. The lowest BCUT2D eigenvalue weighted by atomic mass is 9.80. The van der Waals surface area contributed by atoms with Crippen molar-refractivity contribution < 1.29 is 4.79 Å². The summed E-state index contributed by atoms with van der Waals surface area (Å²) in [5, 5.41) is 2.29. The van der Waals surface area contributed by atoms with Crippen molar-refractivity contribution in [2.75, 3.05) is 20.6 Å². The molecule has 0 amide bonds. The Morgan fingerprint density at radius 2 is 1.90 bits per heavy atom. The van der Waals surface area contributed by atoms with Gasteiger partial charge in [0.25, 0.3) is 0 Å². The normalized spacial score (nSPS) is 17.9. The van der Waals surface area contributed by atoms with Gasteiger partial charge in [-0.1, -0.05) is 36.4 Å². The Kier molecular flexibility index (Phi) is 4.46. The lowest BCUT2D eigenvalue weighted by Crippen LogP contribution is -2.31. The van der Waals surface area contributed by atoms with Crippen molar-refractivity contribution in [3.8, 4) is 0 Å². The first-order valence-corrected chi connectivity index (χ1v) is 6.86. The Labute approximate surface area is 126 Å². The highest BCUT2D eigenvalue weighted by Crippen LogP contribution is 2.31. The van der Waals surface area contributed by atoms with Crippen molar-refractivity contribution in [2.24, 2.45) is 5.92 Å². The summed E-state index contributed by atoms with van der Waals surface area (Å²) in [6, 6.07) is 12.5. The highest BCUT2D eigenvalue weighted by molar-refractivity contribution is 6.11. The molecule has 0 saturated heterocycles. The maximum atomic E-state index is 12.7. The second-order valence-corrected chi connectivity index (χ2v) is 5.68. The fourth-order valence-electron chi connectivity index (χ4n) is 3.10. The van der Waals surface area contributed by atoms with Crippen LogP contribution in [0.15, 0.2) is 36.4 Å². The van der Waals surface area contributed by atoms with Crippen LogP contribution in [0, 0.1) is 5.92 Å². The molecule has 0 radical (unpaired) electrons. The lowest BCUT2D eigenvalue weighted by molar-refractivity contribution is 0.0879. The van der Waals surface area contributed by atoms with Crippen LogP contribution in [0.4, 0.5) is 0 Å². The molecule has 20 heavy (non-hydrogen) atoms. The van der Waals surface area contributed by atoms with Gasteiger partial charge >= 0.3 is 0 Å². The average molecular weight is 290 g/mol. The zero-order valence-corrected chi connectivity index (χ0v) is 12.7. The van der Waals surface area contributed by atoms with Crippen LogP contribution in [0.5, 0.6) is 0 Å². The molecule has 3 rings (SSSR count). The van der Waals surface area contributed by atoms with Crippen LogP contribution in [0.2, 0.25) is 0 Å². The zero-order chi connectivity index (χ0) is 13.4. The summed E-state index contributed by atoms with van der Waals surface area (Å²) in [5.74, 6) is 0.472. The number of carbonyl (C=O) groups excluding carboxylic acids is 1. The van der Waals surface area contributed by atoms with Crippen LogP contribution in [0.3, 0.4) is 0 Å². The Morgan fingerprint density at radius 3 is 2.65 bits per heavy atom. The molecule has 0 heterocycles. The number of ketones is 1. The van der Waals surface area contributed by atoms with Gasteiger partial charge in [-0.2, -0.15) is 0 Å². The molecule has 0 fully saturated rings. The number of benzene rings is 2. The molecule has 2 nitrogen and oxygen atoms in total. The molecule has 0 spiro atoms. The summed E-state index contributed by atoms with van der Waals surface area (Å²) < 4.78 is 0. The molecule has 0 saturated carbocycles. The molecule has 0 N–H and O–H groups in total. The van der Waals surface area contributed by atoms with Gasteiger partial charge in [0.1, 0.15) is 0 Å². The molecule has 106 valence electrons. The number of Topliss-reactive ketones (excluding diaryl/α,β-unsaturated/α-hetero) is 1. The number of hydrogen-bond acceptors (Lipinski definition) is 2. The summed E-state index contributed by atoms with van der Waals surface area (Å²) >= 11 is 0. The van der Waals surface area contributed by atoms with Gasteiger partial charge in [-0.3, -0.25) is 4.79 Å². The van der Waals surface area contributed by atoms with E-state index in [2.05, 4.69) is 29.2 Å². The Balaban J connectivity index is 0.00000147. The second kappa shape index (κ2) is 5.94. The molecular formula is C17H20ClNO. The average Bonchev–Trinajstić information content (AvgIpc) is 2.41. The summed E-state index contributed by atoms with van der Waals surface area (Å²) in [6.45, 7) is 0.849. The smallest absolute Gasteiger partial charge is 0.168 e. The lowest BCUT2D eigenvalue weighted by Gasteiger charge is -2.26. The monoisotopic (exact) mass is 289 g/mol. The minimum Gasteiger partial charge on any atom is -0.309 e. The summed E-state index contributed by atoms with van der Waals surface area (Å²) in [4.78, 5) is 14.8. The second-order valence-electron chi connectivity index (χ2n) is 5.68. The van der Waals surface area contributed by atoms with Gasteiger partial charge in [0.15, 0.2) is 5.78 Å². The standard InChI is InChI=1S/C17H19NO.ClH/c1-18(2)11-14-10-9-13-8-7-12-5-3-4-6-15(12)16(13)17(14)19;/h3-8,14H,9-11H2,1-2H3;1H. The van der Waals surface area contributed by atoms with Crippen molar-refractivity contribution in [1.29, 1.82) is 0 Å². The van der Waals surface area contributed by atoms with Crippen LogP contribution in [-0.2, 0) is 6.42 Å². The van der Waals surface area contributed by atoms with E-state index >= 15 is 0 Å². The van der Waals surface area contributed by atoms with E-state index in [9.17, 15) is 4.79 Å². The minimum atomic E-state index is 0. The first kappa shape index (κ1) is 15.0. The Hall–Kier alpha value is -1.38. The molecule has 0 aliphatic heterocycles. The van der Waals surface area contributed by atoms with Crippen LogP contribution in [-0.4, -0.2) is 31.3 Å². The van der Waals surface area contributed by atoms with E-state index in [4.69, 9.17) is 0 Å². The van der Waals surface area contributed by atoms with E-state index < -0.39 is 0 Å². The van der Waals surface area contributed by atoms with Crippen molar-refractivity contribution in [3.63, 3.8) is 0 Å². The van der Waals surface area contributed by atoms with Crippen molar-refractivity contribution >= 4 is 29.0 Å². The van der Waals surface area contributed by atoms with Crippen LogP contribution in [0.25, 0.3) is 10.8 Å². The number of carbonyl (C=O) groups is 1. The maximum absolute atomic E-state index is 12.7. The molecule has 2 aromatic carbocycles. The number of fused-ring (bicyclic) bond motifs is 3. The molecular weight excluding hydrogens is 270 g/mol. The number of halogens is 1. The van der Waals surface area contributed by atoms with E-state index in [0.29, 0.717) is 5.78 Å². The van der Waals surface area contributed by atoms with Gasteiger partial charge < -0.3 is 4.90 Å². The quantitative estimate of drug-likeness (QED) is 0.842. The molecule has 0 bridgehead atoms. The fourth-order valence-corrected chi connectivity index (χ4v) is 3.10. The summed E-state index contributed by atoms with van der Waals surface area (Å²) in [5.41, 5.74) is 2.19. The van der Waals surface area contributed by atoms with Gasteiger partial charge in [0.2, 0.25) is 0 Å². The highest BCUT2D eigenvalue weighted by atomic mass is 35.5. The predicted octanol–water partition coefficient (Wildman–Crippen LogP) is 3.57. The highest BCUT2D eigenvalue weighted by Gasteiger charge is 2.28. The van der Waals surface area contributed by atoms with Gasteiger partial charge in [-0.05, 0) is 43.3 Å². The van der Waals surface area contributed by atoms with Crippen molar-refractivity contribution in [2.45, 2.75) is 12.8 Å². The van der Waals surface area contributed by atoms with Crippen molar-refractivity contribution in [1.82, 2.24) is 4.90 Å². The summed E-state index contributed by atoms with van der Waals surface area (Å²) in [6.07, 6.45) is 1.99. The van der Waals surface area contributed by atoms with E-state index in [1.54, 1.807) is 0 Å². The van der Waals surface area contributed by atoms with Crippen LogP contribution in [0.1, 0.15) is 22.3 Å². The van der Waals surface area contributed by atoms with E-state index in [1.807, 2.05) is 26.2 Å². The van der Waals surface area contributed by atoms with Crippen LogP contribution < -0.4 is 0 Å². The van der Waals surface area contributed by atoms with Gasteiger partial charge in [-0.25, -0.2) is 0 Å². The fraction of sp³-hybridized carbons (Fsp3) is 0.353. The van der Waals surface area contributed by atoms with Gasteiger partial charge in [0, 0.05) is 18.0 Å². The van der Waals surface area contributed by atoms with Gasteiger partial charge in [-0.15, -0.1) is 12.4 Å². The topological polar surface area (TPSA) is 20.3 Å². The SMILES string of the molecule is CN(C)CC1CCc2ccc3ccccc3c2C1=O.Cl. The molecule has 0 aromatic heterocycles. The predicted molar refractivity (Wildman–Crippen MR) is 85.9 cm³/mol. The Bertz CT molecular complexity index is 636. The maximum Gasteiger partial charge on any atom is 0.168 e. The third-order valence-electron chi connectivity index (χ3n) is 3.98. The van der Waals surface area contributed by atoms with E-state index in [1.165, 1.54) is 10.9 Å². The molecule has 1 atom stereocenters. The Morgan fingerprint density at radius 1 is 1.15 bits per heavy atom.